The third kappa shape index (κ3) is 6.41. The van der Waals surface area contributed by atoms with Crippen LogP contribution in [0, 0.1) is 5.92 Å². The minimum atomic E-state index is -5.55. The van der Waals surface area contributed by atoms with Crippen molar-refractivity contribution in [3.05, 3.63) is 60.3 Å². The number of nitrogens with zero attached hydrogens (tertiary/aromatic N) is 2. The smallest absolute Gasteiger partial charge is 0.489 e. The maximum atomic E-state index is 12.7. The van der Waals surface area contributed by atoms with Crippen LogP contribution in [-0.2, 0) is 16.6 Å². The average molecular weight is 517 g/mol. The topological polar surface area (TPSA) is 82.5 Å². The van der Waals surface area contributed by atoms with Crippen LogP contribution < -0.4 is 14.2 Å². The van der Waals surface area contributed by atoms with Gasteiger partial charge in [-0.1, -0.05) is 18.2 Å². The van der Waals surface area contributed by atoms with Crippen LogP contribution in [0.1, 0.15) is 18.4 Å². The van der Waals surface area contributed by atoms with Crippen LogP contribution in [-0.4, -0.2) is 36.9 Å². The van der Waals surface area contributed by atoms with Gasteiger partial charge in [-0.15, -0.1) is 0 Å². The number of alkyl halides is 5. The molecule has 0 bridgehead atoms. The normalized spacial score (nSPS) is 14.2. The van der Waals surface area contributed by atoms with E-state index in [1.807, 2.05) is 0 Å². The van der Waals surface area contributed by atoms with Gasteiger partial charge in [0.15, 0.2) is 11.5 Å². The van der Waals surface area contributed by atoms with Gasteiger partial charge in [0.1, 0.15) is 0 Å². The second kappa shape index (κ2) is 9.72. The van der Waals surface area contributed by atoms with Gasteiger partial charge in [-0.05, 0) is 54.7 Å². The van der Waals surface area contributed by atoms with E-state index in [-0.39, 0.29) is 23.7 Å². The van der Waals surface area contributed by atoms with Crippen molar-refractivity contribution in [2.24, 2.45) is 5.92 Å². The number of hydrogen-bond donors (Lipinski definition) is 1. The first kappa shape index (κ1) is 24.8. The van der Waals surface area contributed by atoms with Gasteiger partial charge in [-0.3, -0.25) is 9.40 Å². The molecular formula is C22H20F5N3O4S. The van der Waals surface area contributed by atoms with E-state index in [0.717, 1.165) is 12.8 Å². The molecule has 0 radical (unpaired) electrons. The molecule has 4 rings (SSSR count). The van der Waals surface area contributed by atoms with Gasteiger partial charge in [-0.2, -0.15) is 35.5 Å². The summed E-state index contributed by atoms with van der Waals surface area (Å²) in [4.78, 5) is 0. The Bertz CT molecular complexity index is 1290. The summed E-state index contributed by atoms with van der Waals surface area (Å²) < 4.78 is 99.3. The number of rotatable bonds is 10. The van der Waals surface area contributed by atoms with Gasteiger partial charge < -0.3 is 9.47 Å². The Kier molecular flexibility index (Phi) is 6.88. The summed E-state index contributed by atoms with van der Waals surface area (Å²) in [6.07, 6.45) is 3.68. The molecule has 0 spiro atoms. The second-order valence-corrected chi connectivity index (χ2v) is 9.62. The first-order valence-electron chi connectivity index (χ1n) is 10.4. The summed E-state index contributed by atoms with van der Waals surface area (Å²) in [6, 6.07) is 11.6. The number of hydrogen-bond acceptors (Lipinski definition) is 5. The first-order chi connectivity index (χ1) is 16.5. The van der Waals surface area contributed by atoms with Crippen LogP contribution in [0.4, 0.5) is 27.6 Å². The predicted molar refractivity (Wildman–Crippen MR) is 117 cm³/mol. The minimum Gasteiger partial charge on any atom is -0.489 e. The first-order valence-corrected chi connectivity index (χ1v) is 11.9. The molecule has 0 saturated heterocycles. The van der Waals surface area contributed by atoms with Gasteiger partial charge in [-0.25, -0.2) is 0 Å². The summed E-state index contributed by atoms with van der Waals surface area (Å²) in [5.74, 6) is 0.540. The van der Waals surface area contributed by atoms with Crippen molar-refractivity contribution in [1.82, 2.24) is 9.78 Å². The number of ether oxygens (including phenoxy) is 2. The second-order valence-electron chi connectivity index (χ2n) is 7.94. The van der Waals surface area contributed by atoms with Crippen LogP contribution in [0.5, 0.6) is 11.5 Å². The van der Waals surface area contributed by atoms with E-state index in [1.54, 1.807) is 30.5 Å². The Hall–Kier alpha value is -3.35. The molecule has 1 N–H and O–H groups in total. The standard InChI is InChI=1S/C22H20F5N3O4S/c23-21(24)34-19-7-6-15(10-20(19)33-13-14-4-5-14)12-30-9-8-18(28-30)16-2-1-3-17(11-16)29-35(31,32)22(25,26)27/h1-3,6-11,14,21,29H,4-5,12-13H2. The van der Waals surface area contributed by atoms with Crippen molar-refractivity contribution >= 4 is 15.7 Å². The van der Waals surface area contributed by atoms with Gasteiger partial charge in [0.2, 0.25) is 0 Å². The molecule has 3 aromatic rings. The van der Waals surface area contributed by atoms with E-state index in [9.17, 15) is 30.4 Å². The lowest BCUT2D eigenvalue weighted by Gasteiger charge is -2.13. The maximum Gasteiger partial charge on any atom is 0.516 e. The van der Waals surface area contributed by atoms with Crippen LogP contribution in [0.15, 0.2) is 54.7 Å². The van der Waals surface area contributed by atoms with Crippen molar-refractivity contribution in [3.8, 4) is 22.8 Å². The highest BCUT2D eigenvalue weighted by Crippen LogP contribution is 2.34. The van der Waals surface area contributed by atoms with Crippen molar-refractivity contribution < 1.29 is 39.8 Å². The molecule has 13 heteroatoms. The molecule has 0 aliphatic heterocycles. The van der Waals surface area contributed by atoms with Gasteiger partial charge in [0, 0.05) is 17.4 Å². The molecule has 0 atom stereocenters. The van der Waals surface area contributed by atoms with Gasteiger partial charge in [0.05, 0.1) is 18.8 Å². The lowest BCUT2D eigenvalue weighted by Crippen LogP contribution is -2.29. The molecule has 7 nitrogen and oxygen atoms in total. The van der Waals surface area contributed by atoms with Crippen LogP contribution in [0.3, 0.4) is 0 Å². The monoisotopic (exact) mass is 517 g/mol. The van der Waals surface area contributed by atoms with E-state index in [2.05, 4.69) is 9.84 Å². The Labute approximate surface area is 197 Å². The Morgan fingerprint density at radius 1 is 1.09 bits per heavy atom. The van der Waals surface area contributed by atoms with E-state index in [0.29, 0.717) is 29.3 Å². The van der Waals surface area contributed by atoms with Crippen LogP contribution >= 0.6 is 0 Å². The lowest BCUT2D eigenvalue weighted by molar-refractivity contribution is -0.0516. The van der Waals surface area contributed by atoms with Crippen molar-refractivity contribution in [1.29, 1.82) is 0 Å². The molecular weight excluding hydrogens is 497 g/mol. The quantitative estimate of drug-likeness (QED) is 0.372. The molecule has 0 unspecified atom stereocenters. The van der Waals surface area contributed by atoms with Crippen molar-refractivity contribution in [3.63, 3.8) is 0 Å². The largest absolute Gasteiger partial charge is 0.516 e. The molecule has 1 saturated carbocycles. The summed E-state index contributed by atoms with van der Waals surface area (Å²) in [7, 11) is -5.55. The van der Waals surface area contributed by atoms with Crippen molar-refractivity contribution in [2.75, 3.05) is 11.3 Å². The molecule has 1 aliphatic carbocycles. The molecule has 2 aromatic carbocycles. The number of aromatic nitrogens is 2. The third-order valence-corrected chi connectivity index (χ3v) is 6.21. The van der Waals surface area contributed by atoms with Gasteiger partial charge in [0.25, 0.3) is 0 Å². The summed E-state index contributed by atoms with van der Waals surface area (Å²) in [5.41, 5.74) is -4.23. The Morgan fingerprint density at radius 2 is 1.86 bits per heavy atom. The summed E-state index contributed by atoms with van der Waals surface area (Å²) in [6.45, 7) is -2.34. The minimum absolute atomic E-state index is 0.0660. The molecule has 188 valence electrons. The van der Waals surface area contributed by atoms with E-state index < -0.39 is 22.1 Å². The van der Waals surface area contributed by atoms with Crippen molar-refractivity contribution in [2.45, 2.75) is 31.5 Å². The van der Waals surface area contributed by atoms with Crippen LogP contribution in [0.25, 0.3) is 11.3 Å². The van der Waals surface area contributed by atoms with Gasteiger partial charge >= 0.3 is 22.1 Å². The zero-order valence-electron chi connectivity index (χ0n) is 18.0. The molecule has 35 heavy (non-hydrogen) atoms. The Balaban J connectivity index is 1.50. The highest BCUT2D eigenvalue weighted by atomic mass is 32.2. The molecule has 0 amide bonds. The average Bonchev–Trinajstić information content (AvgIpc) is 3.49. The summed E-state index contributed by atoms with van der Waals surface area (Å²) in [5, 5.41) is 4.37. The van der Waals surface area contributed by atoms with E-state index >= 15 is 0 Å². The Morgan fingerprint density at radius 3 is 2.54 bits per heavy atom. The molecule has 1 heterocycles. The number of anilines is 1. The number of halogens is 5. The number of benzene rings is 2. The summed E-state index contributed by atoms with van der Waals surface area (Å²) >= 11 is 0. The number of nitrogens with one attached hydrogen (secondary N) is 1. The predicted octanol–water partition coefficient (Wildman–Crippen LogP) is 5.25. The molecule has 1 fully saturated rings. The van der Waals surface area contributed by atoms with E-state index in [1.165, 1.54) is 33.7 Å². The van der Waals surface area contributed by atoms with E-state index in [4.69, 9.17) is 4.74 Å². The fraction of sp³-hybridized carbons (Fsp3) is 0.318. The highest BCUT2D eigenvalue weighted by Gasteiger charge is 2.46. The number of sulfonamides is 1. The van der Waals surface area contributed by atoms with Crippen LogP contribution in [0.2, 0.25) is 0 Å². The fourth-order valence-electron chi connectivity index (χ4n) is 3.19. The molecule has 1 aliphatic rings. The fourth-order valence-corrected chi connectivity index (χ4v) is 3.75. The maximum absolute atomic E-state index is 12.7. The molecule has 1 aromatic heterocycles. The highest BCUT2D eigenvalue weighted by molar-refractivity contribution is 7.93. The SMILES string of the molecule is O=S(=O)(Nc1cccc(-c2ccn(Cc3ccc(OC(F)F)c(OCC4CC4)c3)n2)c1)C(F)(F)F. The lowest BCUT2D eigenvalue weighted by atomic mass is 10.1. The zero-order valence-corrected chi connectivity index (χ0v) is 18.8. The zero-order chi connectivity index (χ0) is 25.2. The third-order valence-electron chi connectivity index (χ3n) is 5.10.